The van der Waals surface area contributed by atoms with Crippen LogP contribution in [0.25, 0.3) is 10.4 Å². The van der Waals surface area contributed by atoms with Crippen LogP contribution in [0.1, 0.15) is 16.0 Å². The first-order valence-electron chi connectivity index (χ1n) is 10.2. The van der Waals surface area contributed by atoms with Gasteiger partial charge in [0.15, 0.2) is 23.0 Å². The number of aryl methyl sites for hydroxylation is 1. The smallest absolute Gasteiger partial charge is 0.231 e. The van der Waals surface area contributed by atoms with Gasteiger partial charge in [0.25, 0.3) is 0 Å². The second-order valence-corrected chi connectivity index (χ2v) is 8.89. The van der Waals surface area contributed by atoms with E-state index in [1.54, 1.807) is 18.4 Å². The maximum Gasteiger partial charge on any atom is 0.231 e. The first-order valence-corrected chi connectivity index (χ1v) is 11.0. The molecule has 2 aliphatic heterocycles. The molecule has 3 heterocycles. The van der Waals surface area contributed by atoms with Crippen LogP contribution in [0.15, 0.2) is 42.5 Å². The molecule has 0 atom stereocenters. The van der Waals surface area contributed by atoms with Crippen molar-refractivity contribution < 1.29 is 23.7 Å². The fourth-order valence-electron chi connectivity index (χ4n) is 3.92. The average molecular weight is 438 g/mol. The number of fused-ring (bicyclic) bond motifs is 2. The van der Waals surface area contributed by atoms with Crippen molar-refractivity contribution in [3.05, 3.63) is 58.5 Å². The van der Waals surface area contributed by atoms with Crippen LogP contribution in [0.3, 0.4) is 0 Å². The molecule has 0 N–H and O–H groups in total. The van der Waals surface area contributed by atoms with Gasteiger partial charge in [-0.2, -0.15) is 0 Å². The minimum atomic E-state index is 0.0478. The molecule has 2 aromatic carbocycles. The van der Waals surface area contributed by atoms with Crippen LogP contribution < -0.4 is 18.9 Å². The maximum atomic E-state index is 13.1. The molecule has 0 bridgehead atoms. The van der Waals surface area contributed by atoms with E-state index in [9.17, 15) is 4.79 Å². The number of carbonyl (C=O) groups is 1. The number of amides is 1. The van der Waals surface area contributed by atoms with E-state index in [2.05, 4.69) is 25.1 Å². The number of carbonyl (C=O) groups excluding carboxylic acids is 1. The van der Waals surface area contributed by atoms with Crippen LogP contribution in [-0.2, 0) is 17.8 Å². The molecule has 7 heteroatoms. The Hall–Kier alpha value is -3.19. The van der Waals surface area contributed by atoms with Gasteiger partial charge in [-0.1, -0.05) is 6.07 Å². The van der Waals surface area contributed by atoms with Crippen molar-refractivity contribution in [2.75, 3.05) is 27.1 Å². The molecule has 1 aromatic heterocycles. The van der Waals surface area contributed by atoms with E-state index in [1.807, 2.05) is 29.2 Å². The summed E-state index contributed by atoms with van der Waals surface area (Å²) in [5.41, 5.74) is 2.93. The number of benzene rings is 2. The molecule has 0 radical (unpaired) electrons. The van der Waals surface area contributed by atoms with Crippen molar-refractivity contribution in [3.8, 4) is 33.4 Å². The largest absolute Gasteiger partial charge is 0.493 e. The van der Waals surface area contributed by atoms with Crippen LogP contribution in [0.4, 0.5) is 0 Å². The molecule has 0 saturated heterocycles. The van der Waals surface area contributed by atoms with E-state index >= 15 is 0 Å². The summed E-state index contributed by atoms with van der Waals surface area (Å²) >= 11 is 1.74. The predicted molar refractivity (Wildman–Crippen MR) is 118 cm³/mol. The molecule has 5 rings (SSSR count). The van der Waals surface area contributed by atoms with E-state index in [4.69, 9.17) is 18.9 Å². The highest BCUT2D eigenvalue weighted by atomic mass is 32.1. The Morgan fingerprint density at radius 3 is 2.77 bits per heavy atom. The number of ether oxygens (including phenoxy) is 4. The van der Waals surface area contributed by atoms with Gasteiger partial charge in [0, 0.05) is 21.9 Å². The van der Waals surface area contributed by atoms with Crippen LogP contribution in [-0.4, -0.2) is 37.9 Å². The highest BCUT2D eigenvalue weighted by Gasteiger charge is 2.24. The van der Waals surface area contributed by atoms with E-state index in [0.717, 1.165) is 28.2 Å². The van der Waals surface area contributed by atoms with Crippen molar-refractivity contribution in [2.45, 2.75) is 19.9 Å². The van der Waals surface area contributed by atoms with Gasteiger partial charge in [0.05, 0.1) is 20.1 Å². The summed E-state index contributed by atoms with van der Waals surface area (Å²) in [5.74, 6) is 2.88. The topological polar surface area (TPSA) is 57.2 Å². The van der Waals surface area contributed by atoms with E-state index in [-0.39, 0.29) is 12.7 Å². The second kappa shape index (κ2) is 8.15. The summed E-state index contributed by atoms with van der Waals surface area (Å²) in [4.78, 5) is 17.4. The Bertz CT molecular complexity index is 1140. The third-order valence-corrected chi connectivity index (χ3v) is 6.54. The summed E-state index contributed by atoms with van der Waals surface area (Å²) in [5, 5.41) is 0. The lowest BCUT2D eigenvalue weighted by molar-refractivity contribution is -0.131. The standard InChI is InChI=1S/C24H23NO5S/c1-15-3-6-22(31-15)17-11-18-13-25(7-8-28-24(18)21(12-17)27-2)23(26)10-16-4-5-19-20(9-16)30-14-29-19/h3-6,9,11-12H,7-8,10,13-14H2,1-2H3. The molecule has 6 nitrogen and oxygen atoms in total. The van der Waals surface area contributed by atoms with Crippen molar-refractivity contribution >= 4 is 17.2 Å². The third kappa shape index (κ3) is 3.93. The molecule has 0 unspecified atom stereocenters. The molecule has 0 spiro atoms. The lowest BCUT2D eigenvalue weighted by Crippen LogP contribution is -2.33. The van der Waals surface area contributed by atoms with Crippen molar-refractivity contribution in [1.82, 2.24) is 4.90 Å². The van der Waals surface area contributed by atoms with Gasteiger partial charge in [-0.3, -0.25) is 4.79 Å². The van der Waals surface area contributed by atoms with Gasteiger partial charge in [0.1, 0.15) is 6.61 Å². The molecule has 2 aliphatic rings. The summed E-state index contributed by atoms with van der Waals surface area (Å²) in [6.45, 7) is 3.74. The molecule has 3 aromatic rings. The zero-order chi connectivity index (χ0) is 21.4. The lowest BCUT2D eigenvalue weighted by atomic mass is 10.1. The van der Waals surface area contributed by atoms with Gasteiger partial charge in [-0.25, -0.2) is 0 Å². The Morgan fingerprint density at radius 1 is 1.10 bits per heavy atom. The van der Waals surface area contributed by atoms with Crippen LogP contribution >= 0.6 is 11.3 Å². The number of thiophene rings is 1. The highest BCUT2D eigenvalue weighted by molar-refractivity contribution is 7.15. The highest BCUT2D eigenvalue weighted by Crippen LogP contribution is 2.40. The maximum absolute atomic E-state index is 13.1. The zero-order valence-corrected chi connectivity index (χ0v) is 18.3. The first kappa shape index (κ1) is 19.8. The third-order valence-electron chi connectivity index (χ3n) is 5.49. The Kier molecular flexibility index (Phi) is 5.19. The van der Waals surface area contributed by atoms with Gasteiger partial charge in [-0.05, 0) is 54.4 Å². The fourth-order valence-corrected chi connectivity index (χ4v) is 4.77. The molecular weight excluding hydrogens is 414 g/mol. The quantitative estimate of drug-likeness (QED) is 0.605. The first-order chi connectivity index (χ1) is 15.1. The lowest BCUT2D eigenvalue weighted by Gasteiger charge is -2.20. The average Bonchev–Trinajstić information content (AvgIpc) is 3.36. The minimum Gasteiger partial charge on any atom is -0.493 e. The summed E-state index contributed by atoms with van der Waals surface area (Å²) in [6, 6.07) is 14.0. The number of rotatable bonds is 4. The van der Waals surface area contributed by atoms with E-state index in [1.165, 1.54) is 9.75 Å². The molecule has 31 heavy (non-hydrogen) atoms. The van der Waals surface area contributed by atoms with Crippen LogP contribution in [0, 0.1) is 6.92 Å². The van der Waals surface area contributed by atoms with Gasteiger partial charge in [-0.15, -0.1) is 11.3 Å². The van der Waals surface area contributed by atoms with Crippen LogP contribution in [0.2, 0.25) is 0 Å². The molecule has 0 saturated carbocycles. The molecule has 0 fully saturated rings. The number of nitrogens with zero attached hydrogens (tertiary/aromatic N) is 1. The van der Waals surface area contributed by atoms with E-state index < -0.39 is 0 Å². The normalized spacial score (nSPS) is 14.6. The van der Waals surface area contributed by atoms with Crippen molar-refractivity contribution in [3.63, 3.8) is 0 Å². The number of methoxy groups -OCH3 is 1. The second-order valence-electron chi connectivity index (χ2n) is 7.61. The number of hydrogen-bond acceptors (Lipinski definition) is 6. The summed E-state index contributed by atoms with van der Waals surface area (Å²) in [7, 11) is 1.65. The van der Waals surface area contributed by atoms with Crippen LogP contribution in [0.5, 0.6) is 23.0 Å². The zero-order valence-electron chi connectivity index (χ0n) is 17.5. The number of hydrogen-bond donors (Lipinski definition) is 0. The monoisotopic (exact) mass is 437 g/mol. The van der Waals surface area contributed by atoms with Gasteiger partial charge < -0.3 is 23.8 Å². The summed E-state index contributed by atoms with van der Waals surface area (Å²) < 4.78 is 22.4. The van der Waals surface area contributed by atoms with Crippen molar-refractivity contribution in [1.29, 1.82) is 0 Å². The van der Waals surface area contributed by atoms with Gasteiger partial charge >= 0.3 is 0 Å². The van der Waals surface area contributed by atoms with E-state index in [0.29, 0.717) is 37.6 Å². The minimum absolute atomic E-state index is 0.0478. The Balaban J connectivity index is 1.40. The molecule has 0 aliphatic carbocycles. The molecule has 1 amide bonds. The van der Waals surface area contributed by atoms with Gasteiger partial charge in [0.2, 0.25) is 12.7 Å². The summed E-state index contributed by atoms with van der Waals surface area (Å²) in [6.07, 6.45) is 0.299. The molecule has 160 valence electrons. The van der Waals surface area contributed by atoms with Crippen molar-refractivity contribution in [2.24, 2.45) is 0 Å². The predicted octanol–water partition coefficient (Wildman–Crippen LogP) is 4.42. The Labute approximate surface area is 184 Å². The SMILES string of the molecule is COc1cc(-c2ccc(C)s2)cc2c1OCCN(C(=O)Cc1ccc3c(c1)OCO3)C2. The molecular formula is C24H23NO5S. The fraction of sp³-hybridized carbons (Fsp3) is 0.292. The Morgan fingerprint density at radius 2 is 1.97 bits per heavy atom.